The molecule has 0 unspecified atom stereocenters. The van der Waals surface area contributed by atoms with Gasteiger partial charge in [0.2, 0.25) is 0 Å². The van der Waals surface area contributed by atoms with E-state index in [0.29, 0.717) is 5.39 Å². The normalized spacial score (nSPS) is 11.0. The molecule has 2 aromatic carbocycles. The van der Waals surface area contributed by atoms with Gasteiger partial charge < -0.3 is 2.85 Å². The molecule has 2 aromatic rings. The van der Waals surface area contributed by atoms with Gasteiger partial charge in [0.15, 0.2) is 0 Å². The van der Waals surface area contributed by atoms with Crippen LogP contribution >= 0.6 is 0 Å². The second-order valence-electron chi connectivity index (χ2n) is 2.95. The molecule has 0 radical (unpaired) electrons. The molecule has 0 saturated carbocycles. The summed E-state index contributed by atoms with van der Waals surface area (Å²) in [7, 11) is -4.13. The van der Waals surface area contributed by atoms with E-state index in [1.165, 1.54) is 6.07 Å². The topological polar surface area (TPSA) is 54.4 Å². The van der Waals surface area contributed by atoms with Gasteiger partial charge in [-0.05, 0) is 11.5 Å². The van der Waals surface area contributed by atoms with Crippen LogP contribution in [0.4, 0.5) is 0 Å². The molecule has 0 saturated heterocycles. The first-order valence-electron chi connectivity index (χ1n) is 4.04. The zero-order valence-electron chi connectivity index (χ0n) is 9.92. The third kappa shape index (κ3) is 2.85. The van der Waals surface area contributed by atoms with E-state index in [1.807, 2.05) is 6.07 Å². The minimum absolute atomic E-state index is 0. The van der Waals surface area contributed by atoms with Crippen LogP contribution in [0, 0.1) is 0 Å². The van der Waals surface area contributed by atoms with Crippen molar-refractivity contribution in [3.8, 4) is 0 Å². The molecule has 1 N–H and O–H groups in total. The standard InChI is InChI=1S/C10H8O3S.Ba.2H/c11-14(12,13)10-7-3-5-8-4-1-2-6-9(8)10;;;/h1-7H,(H,11,12,13);;;/q;+2;2*-1. The molecule has 0 heterocycles. The SMILES string of the molecule is O=S(=O)(O)c1cccc2ccccc12.[Ba+2].[H-].[H-]. The van der Waals surface area contributed by atoms with Gasteiger partial charge in [-0.1, -0.05) is 36.4 Å². The van der Waals surface area contributed by atoms with E-state index in [0.717, 1.165) is 5.39 Å². The summed E-state index contributed by atoms with van der Waals surface area (Å²) in [6.07, 6.45) is 0. The van der Waals surface area contributed by atoms with Gasteiger partial charge in [0.1, 0.15) is 4.90 Å². The summed E-state index contributed by atoms with van der Waals surface area (Å²) in [4.78, 5) is -0.0457. The van der Waals surface area contributed by atoms with Crippen LogP contribution in [-0.2, 0) is 10.1 Å². The molecule has 5 heteroatoms. The van der Waals surface area contributed by atoms with Gasteiger partial charge in [0.05, 0.1) is 0 Å². The Morgan fingerprint density at radius 3 is 2.27 bits per heavy atom. The summed E-state index contributed by atoms with van der Waals surface area (Å²) < 4.78 is 31.0. The maximum atomic E-state index is 11.0. The largest absolute Gasteiger partial charge is 2.00 e. The van der Waals surface area contributed by atoms with Gasteiger partial charge in [-0.3, -0.25) is 4.55 Å². The van der Waals surface area contributed by atoms with Gasteiger partial charge in [-0.15, -0.1) is 0 Å². The van der Waals surface area contributed by atoms with Gasteiger partial charge in [0.25, 0.3) is 10.1 Å². The van der Waals surface area contributed by atoms with Crippen molar-refractivity contribution >= 4 is 69.8 Å². The van der Waals surface area contributed by atoms with Crippen molar-refractivity contribution in [1.29, 1.82) is 0 Å². The predicted octanol–water partition coefficient (Wildman–Crippen LogP) is 1.93. The summed E-state index contributed by atoms with van der Waals surface area (Å²) in [5.74, 6) is 0. The molecule has 0 aliphatic heterocycles. The smallest absolute Gasteiger partial charge is 1.00 e. The second kappa shape index (κ2) is 5.01. The monoisotopic (exact) mass is 348 g/mol. The Morgan fingerprint density at radius 1 is 1.00 bits per heavy atom. The van der Waals surface area contributed by atoms with Crippen LogP contribution in [0.5, 0.6) is 0 Å². The van der Waals surface area contributed by atoms with Crippen LogP contribution in [0.1, 0.15) is 2.85 Å². The molecule has 3 nitrogen and oxygen atoms in total. The van der Waals surface area contributed by atoms with Crippen molar-refractivity contribution in [3.63, 3.8) is 0 Å². The second-order valence-corrected chi connectivity index (χ2v) is 4.34. The van der Waals surface area contributed by atoms with Crippen LogP contribution in [0.25, 0.3) is 10.8 Å². The Kier molecular flexibility index (Phi) is 4.42. The van der Waals surface area contributed by atoms with E-state index in [-0.39, 0.29) is 56.6 Å². The molecular formula is C10H10BaO3S. The molecule has 0 amide bonds. The molecule has 0 spiro atoms. The maximum absolute atomic E-state index is 11.0. The van der Waals surface area contributed by atoms with Crippen molar-refractivity contribution in [2.75, 3.05) is 0 Å². The molecule has 0 aromatic heterocycles. The molecule has 0 fully saturated rings. The third-order valence-electron chi connectivity index (χ3n) is 2.03. The number of rotatable bonds is 1. The van der Waals surface area contributed by atoms with Crippen molar-refractivity contribution in [2.45, 2.75) is 4.90 Å². The Morgan fingerprint density at radius 2 is 1.60 bits per heavy atom. The predicted molar refractivity (Wildman–Crippen MR) is 61.7 cm³/mol. The van der Waals surface area contributed by atoms with Crippen molar-refractivity contribution in [1.82, 2.24) is 0 Å². The van der Waals surface area contributed by atoms with E-state index in [4.69, 9.17) is 4.55 Å². The van der Waals surface area contributed by atoms with Gasteiger partial charge in [-0.25, -0.2) is 0 Å². The molecule has 0 aliphatic rings. The fraction of sp³-hybridized carbons (Fsp3) is 0. The quantitative estimate of drug-likeness (QED) is 0.633. The molecule has 0 bridgehead atoms. The molecule has 15 heavy (non-hydrogen) atoms. The Bertz CT molecular complexity index is 582. The maximum Gasteiger partial charge on any atom is 2.00 e. The fourth-order valence-corrected chi connectivity index (χ4v) is 2.13. The van der Waals surface area contributed by atoms with E-state index in [2.05, 4.69) is 0 Å². The zero-order chi connectivity index (χ0) is 10.2. The average molecular weight is 348 g/mol. The molecule has 76 valence electrons. The summed E-state index contributed by atoms with van der Waals surface area (Å²) in [6.45, 7) is 0. The van der Waals surface area contributed by atoms with Crippen LogP contribution < -0.4 is 0 Å². The number of benzene rings is 2. The summed E-state index contributed by atoms with van der Waals surface area (Å²) >= 11 is 0. The number of hydrogen-bond acceptors (Lipinski definition) is 2. The third-order valence-corrected chi connectivity index (χ3v) is 2.94. The molecular weight excluding hydrogens is 338 g/mol. The fourth-order valence-electron chi connectivity index (χ4n) is 1.42. The van der Waals surface area contributed by atoms with Crippen LogP contribution in [0.3, 0.4) is 0 Å². The van der Waals surface area contributed by atoms with Crippen LogP contribution in [0.2, 0.25) is 0 Å². The van der Waals surface area contributed by atoms with Crippen LogP contribution in [-0.4, -0.2) is 61.9 Å². The summed E-state index contributed by atoms with van der Waals surface area (Å²) in [5.41, 5.74) is 0. The minimum atomic E-state index is -4.13. The zero-order valence-corrected chi connectivity index (χ0v) is 13.2. The number of fused-ring (bicyclic) bond motifs is 1. The molecule has 0 aliphatic carbocycles. The Balaban J connectivity index is 0. The van der Waals surface area contributed by atoms with E-state index < -0.39 is 10.1 Å². The van der Waals surface area contributed by atoms with Gasteiger partial charge >= 0.3 is 48.9 Å². The summed E-state index contributed by atoms with van der Waals surface area (Å²) in [6, 6.07) is 11.8. The first kappa shape index (κ1) is 13.2. The van der Waals surface area contributed by atoms with Gasteiger partial charge in [0, 0.05) is 5.39 Å². The summed E-state index contributed by atoms with van der Waals surface area (Å²) in [5, 5.41) is 1.33. The minimum Gasteiger partial charge on any atom is -1.00 e. The van der Waals surface area contributed by atoms with Crippen molar-refractivity contribution < 1.29 is 15.8 Å². The number of hydrogen-bond donors (Lipinski definition) is 1. The van der Waals surface area contributed by atoms with Crippen LogP contribution in [0.15, 0.2) is 47.4 Å². The molecule has 0 atom stereocenters. The first-order chi connectivity index (χ1) is 6.59. The molecule has 2 rings (SSSR count). The van der Waals surface area contributed by atoms with Crippen molar-refractivity contribution in [3.05, 3.63) is 42.5 Å². The Labute approximate surface area is 131 Å². The first-order valence-corrected chi connectivity index (χ1v) is 5.48. The average Bonchev–Trinajstić information content (AvgIpc) is 2.15. The van der Waals surface area contributed by atoms with E-state index in [1.54, 1.807) is 30.3 Å². The van der Waals surface area contributed by atoms with Gasteiger partial charge in [-0.2, -0.15) is 8.42 Å². The van der Waals surface area contributed by atoms with E-state index >= 15 is 0 Å². The van der Waals surface area contributed by atoms with Crippen molar-refractivity contribution in [2.24, 2.45) is 0 Å². The Hall–Kier alpha value is 0.181. The van der Waals surface area contributed by atoms with E-state index in [9.17, 15) is 8.42 Å².